The SMILES string of the molecule is CO[C@](N)(c1ccc(C=O)cc1)[C@H](O)C1CCC1. The Kier molecular flexibility index (Phi) is 3.80. The molecule has 1 aliphatic carbocycles. The maximum atomic E-state index is 10.6. The summed E-state index contributed by atoms with van der Waals surface area (Å²) in [5.41, 5.74) is 6.27. The van der Waals surface area contributed by atoms with Crippen LogP contribution in [0, 0.1) is 5.92 Å². The first-order chi connectivity index (χ1) is 8.61. The Morgan fingerprint density at radius 3 is 2.44 bits per heavy atom. The Morgan fingerprint density at radius 2 is 2.06 bits per heavy atom. The van der Waals surface area contributed by atoms with Crippen molar-refractivity contribution in [2.24, 2.45) is 11.7 Å². The minimum atomic E-state index is -1.20. The van der Waals surface area contributed by atoms with Crippen LogP contribution in [0.3, 0.4) is 0 Å². The van der Waals surface area contributed by atoms with Crippen LogP contribution in [0.15, 0.2) is 24.3 Å². The van der Waals surface area contributed by atoms with Gasteiger partial charge in [-0.2, -0.15) is 0 Å². The quantitative estimate of drug-likeness (QED) is 0.611. The number of aldehydes is 1. The molecule has 3 N–H and O–H groups in total. The van der Waals surface area contributed by atoms with Crippen LogP contribution in [0.1, 0.15) is 35.2 Å². The summed E-state index contributed by atoms with van der Waals surface area (Å²) in [6.45, 7) is 0. The molecule has 0 aromatic heterocycles. The van der Waals surface area contributed by atoms with Crippen molar-refractivity contribution in [2.75, 3.05) is 7.11 Å². The molecule has 0 saturated heterocycles. The molecule has 0 spiro atoms. The van der Waals surface area contributed by atoms with Crippen LogP contribution in [0.2, 0.25) is 0 Å². The van der Waals surface area contributed by atoms with Gasteiger partial charge in [0.05, 0.1) is 0 Å². The average molecular weight is 249 g/mol. The number of aliphatic hydroxyl groups excluding tert-OH is 1. The van der Waals surface area contributed by atoms with Crippen molar-refractivity contribution < 1.29 is 14.6 Å². The molecular formula is C14H19NO3. The fraction of sp³-hybridized carbons (Fsp3) is 0.500. The van der Waals surface area contributed by atoms with Crippen LogP contribution in [0.5, 0.6) is 0 Å². The van der Waals surface area contributed by atoms with Gasteiger partial charge in [-0.15, -0.1) is 0 Å². The van der Waals surface area contributed by atoms with Crippen LogP contribution < -0.4 is 5.73 Å². The van der Waals surface area contributed by atoms with Gasteiger partial charge in [-0.05, 0) is 18.8 Å². The molecule has 4 nitrogen and oxygen atoms in total. The molecule has 0 heterocycles. The van der Waals surface area contributed by atoms with Gasteiger partial charge in [0.1, 0.15) is 12.4 Å². The molecule has 1 fully saturated rings. The van der Waals surface area contributed by atoms with Gasteiger partial charge >= 0.3 is 0 Å². The highest BCUT2D eigenvalue weighted by Gasteiger charge is 2.42. The number of hydrogen-bond donors (Lipinski definition) is 2. The van der Waals surface area contributed by atoms with E-state index in [0.717, 1.165) is 25.5 Å². The number of benzene rings is 1. The topological polar surface area (TPSA) is 72.5 Å². The van der Waals surface area contributed by atoms with Crippen molar-refractivity contribution in [1.82, 2.24) is 0 Å². The average Bonchev–Trinajstić information content (AvgIpc) is 2.35. The highest BCUT2D eigenvalue weighted by Crippen LogP contribution is 2.37. The van der Waals surface area contributed by atoms with Gasteiger partial charge in [-0.3, -0.25) is 10.5 Å². The summed E-state index contributed by atoms with van der Waals surface area (Å²) in [5, 5.41) is 10.3. The van der Waals surface area contributed by atoms with Crippen molar-refractivity contribution in [3.63, 3.8) is 0 Å². The molecule has 98 valence electrons. The molecule has 2 rings (SSSR count). The molecule has 4 heteroatoms. The summed E-state index contributed by atoms with van der Waals surface area (Å²) in [6, 6.07) is 6.82. The number of ether oxygens (including phenoxy) is 1. The second kappa shape index (κ2) is 5.18. The van der Waals surface area contributed by atoms with E-state index in [4.69, 9.17) is 10.5 Å². The summed E-state index contributed by atoms with van der Waals surface area (Å²) in [7, 11) is 1.50. The zero-order valence-electron chi connectivity index (χ0n) is 10.5. The molecular weight excluding hydrogens is 230 g/mol. The first kappa shape index (κ1) is 13.2. The molecule has 18 heavy (non-hydrogen) atoms. The van der Waals surface area contributed by atoms with E-state index >= 15 is 0 Å². The van der Waals surface area contributed by atoms with E-state index in [1.165, 1.54) is 7.11 Å². The first-order valence-corrected chi connectivity index (χ1v) is 6.19. The zero-order valence-corrected chi connectivity index (χ0v) is 10.5. The lowest BCUT2D eigenvalue weighted by Gasteiger charge is -2.41. The van der Waals surface area contributed by atoms with Crippen LogP contribution in [-0.4, -0.2) is 24.6 Å². The van der Waals surface area contributed by atoms with Crippen molar-refractivity contribution in [2.45, 2.75) is 31.1 Å². The number of hydrogen-bond acceptors (Lipinski definition) is 4. The van der Waals surface area contributed by atoms with E-state index in [1.54, 1.807) is 24.3 Å². The molecule has 0 radical (unpaired) electrons. The van der Waals surface area contributed by atoms with E-state index in [2.05, 4.69) is 0 Å². The summed E-state index contributed by atoms with van der Waals surface area (Å²) in [4.78, 5) is 10.6. The number of aliphatic hydroxyl groups is 1. The standard InChI is InChI=1S/C14H19NO3/c1-18-14(15,13(17)11-3-2-4-11)12-7-5-10(9-16)6-8-12/h5-9,11,13,17H,2-4,15H2,1H3/t13-,14-/m1/s1. The highest BCUT2D eigenvalue weighted by atomic mass is 16.5. The zero-order chi connectivity index (χ0) is 13.2. The third-order valence-electron chi connectivity index (χ3n) is 3.87. The smallest absolute Gasteiger partial charge is 0.168 e. The highest BCUT2D eigenvalue weighted by molar-refractivity contribution is 5.74. The molecule has 1 aliphatic rings. The number of rotatable bonds is 5. The second-order valence-electron chi connectivity index (χ2n) is 4.87. The number of nitrogens with two attached hydrogens (primary N) is 1. The normalized spacial score (nSPS) is 20.8. The molecule has 0 amide bonds. The van der Waals surface area contributed by atoms with Gasteiger partial charge in [0.25, 0.3) is 0 Å². The fourth-order valence-electron chi connectivity index (χ4n) is 2.34. The van der Waals surface area contributed by atoms with Crippen LogP contribution in [-0.2, 0) is 10.5 Å². The summed E-state index contributed by atoms with van der Waals surface area (Å²) in [5.74, 6) is 0.195. The maximum absolute atomic E-state index is 10.6. The van der Waals surface area contributed by atoms with Gasteiger partial charge in [-0.25, -0.2) is 0 Å². The van der Waals surface area contributed by atoms with E-state index in [-0.39, 0.29) is 5.92 Å². The lowest BCUT2D eigenvalue weighted by molar-refractivity contribution is -0.139. The molecule has 0 aliphatic heterocycles. The van der Waals surface area contributed by atoms with E-state index < -0.39 is 11.8 Å². The monoisotopic (exact) mass is 249 g/mol. The predicted octanol–water partition coefficient (Wildman–Crippen LogP) is 1.42. The Bertz CT molecular complexity index is 414. The number of carbonyl (C=O) groups is 1. The van der Waals surface area contributed by atoms with E-state index in [1.807, 2.05) is 0 Å². The van der Waals surface area contributed by atoms with Gasteiger partial charge < -0.3 is 9.84 Å². The number of carbonyl (C=O) groups excluding carboxylic acids is 1. The lowest BCUT2D eigenvalue weighted by atomic mass is 9.76. The molecule has 2 atom stereocenters. The van der Waals surface area contributed by atoms with E-state index in [0.29, 0.717) is 11.1 Å². The molecule has 1 saturated carbocycles. The Hall–Kier alpha value is -1.23. The largest absolute Gasteiger partial charge is 0.388 e. The third-order valence-corrected chi connectivity index (χ3v) is 3.87. The van der Waals surface area contributed by atoms with Crippen LogP contribution in [0.4, 0.5) is 0 Å². The molecule has 1 aromatic rings. The Balaban J connectivity index is 2.26. The van der Waals surface area contributed by atoms with Crippen molar-refractivity contribution in [3.05, 3.63) is 35.4 Å². The van der Waals surface area contributed by atoms with Crippen molar-refractivity contribution >= 4 is 6.29 Å². The Labute approximate surface area is 107 Å². The van der Waals surface area contributed by atoms with Crippen molar-refractivity contribution in [1.29, 1.82) is 0 Å². The van der Waals surface area contributed by atoms with Gasteiger partial charge in [-0.1, -0.05) is 30.7 Å². The van der Waals surface area contributed by atoms with Crippen LogP contribution >= 0.6 is 0 Å². The molecule has 0 unspecified atom stereocenters. The molecule has 1 aromatic carbocycles. The van der Waals surface area contributed by atoms with E-state index in [9.17, 15) is 9.90 Å². The minimum Gasteiger partial charge on any atom is -0.388 e. The van der Waals surface area contributed by atoms with Gasteiger partial charge in [0.15, 0.2) is 5.72 Å². The number of methoxy groups -OCH3 is 1. The van der Waals surface area contributed by atoms with Gasteiger partial charge in [0, 0.05) is 18.2 Å². The Morgan fingerprint density at radius 1 is 1.44 bits per heavy atom. The minimum absolute atomic E-state index is 0.195. The van der Waals surface area contributed by atoms with Crippen molar-refractivity contribution in [3.8, 4) is 0 Å². The summed E-state index contributed by atoms with van der Waals surface area (Å²) in [6.07, 6.45) is 3.15. The third kappa shape index (κ3) is 2.19. The molecule has 0 bridgehead atoms. The predicted molar refractivity (Wildman–Crippen MR) is 68.1 cm³/mol. The summed E-state index contributed by atoms with van der Waals surface area (Å²) >= 11 is 0. The lowest BCUT2D eigenvalue weighted by Crippen LogP contribution is -2.54. The summed E-state index contributed by atoms with van der Waals surface area (Å²) < 4.78 is 5.36. The maximum Gasteiger partial charge on any atom is 0.168 e. The first-order valence-electron chi connectivity index (χ1n) is 6.19. The fourth-order valence-corrected chi connectivity index (χ4v) is 2.34. The van der Waals surface area contributed by atoms with Crippen LogP contribution in [0.25, 0.3) is 0 Å². The second-order valence-corrected chi connectivity index (χ2v) is 4.87. The van der Waals surface area contributed by atoms with Gasteiger partial charge in [0.2, 0.25) is 0 Å².